The summed E-state index contributed by atoms with van der Waals surface area (Å²) in [6, 6.07) is 0. The first-order chi connectivity index (χ1) is 19.3. The highest BCUT2D eigenvalue weighted by Crippen LogP contribution is 2.31. The molecule has 0 spiro atoms. The second-order valence-electron chi connectivity index (χ2n) is 8.69. The van der Waals surface area contributed by atoms with Gasteiger partial charge in [-0.1, -0.05) is 0 Å². The minimum atomic E-state index is -5.38. The zero-order valence-electron chi connectivity index (χ0n) is 21.4. The molecule has 2 fully saturated rings. The number of aliphatic hydroxyl groups is 4. The van der Waals surface area contributed by atoms with Gasteiger partial charge < -0.3 is 45.1 Å². The fourth-order valence-electron chi connectivity index (χ4n) is 3.75. The molecule has 2 aliphatic rings. The van der Waals surface area contributed by atoms with E-state index in [1.165, 1.54) is 11.8 Å². The van der Waals surface area contributed by atoms with Gasteiger partial charge in [-0.2, -0.15) is 37.0 Å². The largest absolute Gasteiger partial charge is 0.397 e. The van der Waals surface area contributed by atoms with Crippen molar-refractivity contribution >= 4 is 43.0 Å². The SMILES string of the molecule is NCCSCCCO[C@@H]1O[C@H](COS(=O)(=O)O)[C@H](O)[C@H](O[C@@H]2O[C@H](COS(=O)(=O)O)[C@H](O)[C@H](OS(=O)(=O)O)[C@H]2O)[C@H]1O. The predicted octanol–water partition coefficient (Wildman–Crippen LogP) is -4.81. The molecule has 0 aromatic carbocycles. The molecule has 0 radical (unpaired) electrons. The maximum Gasteiger partial charge on any atom is 0.397 e. The maximum absolute atomic E-state index is 11.3. The Morgan fingerprint density at radius 2 is 1.19 bits per heavy atom. The minimum Gasteiger partial charge on any atom is -0.387 e. The molecule has 0 bridgehead atoms. The number of ether oxygens (including phenoxy) is 4. The van der Waals surface area contributed by atoms with Crippen LogP contribution in [0, 0.1) is 0 Å². The Labute approximate surface area is 245 Å². The second kappa shape index (κ2) is 16.2. The molecule has 0 aromatic heterocycles. The first kappa shape index (κ1) is 37.8. The monoisotopic (exact) mass is 699 g/mol. The molecule has 0 aromatic rings. The lowest BCUT2D eigenvalue weighted by Gasteiger charge is -2.46. The standard InChI is InChI=1S/C17H33NO20S4/c18-2-5-39-4-1-3-32-16-12(21)14(10(19)8(35-16)6-33-40(23,24)25)37-17-13(22)15(38-42(29,30)31)11(20)9(36-17)7-34-41(26,27)28/h8-17,19-22H,1-7,18H2,(H,23,24,25)(H,26,27,28)(H,29,30,31)/t8-,9-,10+,11+,12-,13-,14+,15+,16-,17+/m1/s1. The van der Waals surface area contributed by atoms with E-state index in [0.717, 1.165) is 0 Å². The summed E-state index contributed by atoms with van der Waals surface area (Å²) < 4.78 is 127. The highest BCUT2D eigenvalue weighted by molar-refractivity contribution is 7.99. The van der Waals surface area contributed by atoms with Crippen LogP contribution in [0.25, 0.3) is 0 Å². The van der Waals surface area contributed by atoms with E-state index in [-0.39, 0.29) is 6.61 Å². The summed E-state index contributed by atoms with van der Waals surface area (Å²) in [4.78, 5) is 0. The van der Waals surface area contributed by atoms with Crippen molar-refractivity contribution in [2.45, 2.75) is 67.8 Å². The van der Waals surface area contributed by atoms with Gasteiger partial charge in [0.05, 0.1) is 19.8 Å². The summed E-state index contributed by atoms with van der Waals surface area (Å²) in [5, 5.41) is 42.5. The van der Waals surface area contributed by atoms with Crippen LogP contribution in [0.4, 0.5) is 0 Å². The molecular weight excluding hydrogens is 666 g/mol. The molecule has 2 aliphatic heterocycles. The summed E-state index contributed by atoms with van der Waals surface area (Å²) >= 11 is 1.50. The molecule has 2 heterocycles. The van der Waals surface area contributed by atoms with Gasteiger partial charge >= 0.3 is 31.2 Å². The summed E-state index contributed by atoms with van der Waals surface area (Å²) in [5.74, 6) is 1.25. The fraction of sp³-hybridized carbons (Fsp3) is 1.00. The molecule has 25 heteroatoms. The van der Waals surface area contributed by atoms with Crippen LogP contribution >= 0.6 is 11.8 Å². The Kier molecular flexibility index (Phi) is 14.6. The fourth-order valence-corrected chi connectivity index (χ4v) is 5.57. The first-order valence-electron chi connectivity index (χ1n) is 11.8. The van der Waals surface area contributed by atoms with E-state index < -0.39 is 106 Å². The van der Waals surface area contributed by atoms with Gasteiger partial charge in [0.2, 0.25) is 0 Å². The first-order valence-corrected chi connectivity index (χ1v) is 17.1. The van der Waals surface area contributed by atoms with Gasteiger partial charge in [-0.15, -0.1) is 0 Å². The number of aliphatic hydroxyl groups excluding tert-OH is 4. The minimum absolute atomic E-state index is 0.0396. The third-order valence-corrected chi connectivity index (χ3v) is 7.98. The number of thioether (sulfide) groups is 1. The van der Waals surface area contributed by atoms with E-state index in [1.807, 2.05) is 0 Å². The van der Waals surface area contributed by atoms with Crippen LogP contribution in [0.2, 0.25) is 0 Å². The normalized spacial score (nSPS) is 34.9. The Morgan fingerprint density at radius 1 is 0.690 bits per heavy atom. The Balaban J connectivity index is 2.29. The van der Waals surface area contributed by atoms with Crippen LogP contribution in [0.5, 0.6) is 0 Å². The Hall–Kier alpha value is -0.400. The molecule has 9 N–H and O–H groups in total. The lowest BCUT2D eigenvalue weighted by atomic mass is 9.97. The highest BCUT2D eigenvalue weighted by atomic mass is 32.3. The van der Waals surface area contributed by atoms with Crippen LogP contribution < -0.4 is 5.73 Å². The van der Waals surface area contributed by atoms with Crippen molar-refractivity contribution in [3.63, 3.8) is 0 Å². The van der Waals surface area contributed by atoms with Gasteiger partial charge in [0.15, 0.2) is 12.6 Å². The zero-order valence-corrected chi connectivity index (χ0v) is 24.6. The molecule has 0 aliphatic carbocycles. The van der Waals surface area contributed by atoms with E-state index in [2.05, 4.69) is 12.5 Å². The van der Waals surface area contributed by atoms with Crippen molar-refractivity contribution in [2.24, 2.45) is 5.73 Å². The second-order valence-corrected chi connectivity index (χ2v) is 13.1. The molecule has 0 amide bonds. The number of rotatable bonds is 17. The number of hydrogen-bond acceptors (Lipinski definition) is 19. The molecule has 0 unspecified atom stereocenters. The van der Waals surface area contributed by atoms with Crippen LogP contribution in [-0.4, -0.2) is 159 Å². The van der Waals surface area contributed by atoms with E-state index in [1.54, 1.807) is 0 Å². The summed E-state index contributed by atoms with van der Waals surface area (Å²) in [6.07, 6.45) is -19.9. The van der Waals surface area contributed by atoms with Gasteiger partial charge in [0.25, 0.3) is 0 Å². The average Bonchev–Trinajstić information content (AvgIpc) is 2.85. The molecule has 2 rings (SSSR count). The highest BCUT2D eigenvalue weighted by Gasteiger charge is 2.53. The maximum atomic E-state index is 11.3. The lowest BCUT2D eigenvalue weighted by Crippen LogP contribution is -2.65. The average molecular weight is 700 g/mol. The third kappa shape index (κ3) is 12.5. The molecule has 2 saturated heterocycles. The van der Waals surface area contributed by atoms with Gasteiger partial charge in [-0.3, -0.25) is 13.7 Å². The van der Waals surface area contributed by atoms with Gasteiger partial charge in [-0.25, -0.2) is 12.5 Å². The van der Waals surface area contributed by atoms with Gasteiger partial charge in [0.1, 0.15) is 48.8 Å². The summed E-state index contributed by atoms with van der Waals surface area (Å²) in [7, 11) is -15.5. The van der Waals surface area contributed by atoms with Crippen LogP contribution in [0.1, 0.15) is 6.42 Å². The molecular formula is C17H33NO20S4. The smallest absolute Gasteiger partial charge is 0.387 e. The molecule has 250 valence electrons. The van der Waals surface area contributed by atoms with E-state index in [4.69, 9.17) is 38.3 Å². The van der Waals surface area contributed by atoms with Crippen LogP contribution in [-0.2, 0) is 62.7 Å². The van der Waals surface area contributed by atoms with Gasteiger partial charge in [-0.05, 0) is 12.2 Å². The molecule has 10 atom stereocenters. The lowest BCUT2D eigenvalue weighted by molar-refractivity contribution is -0.357. The van der Waals surface area contributed by atoms with Crippen LogP contribution in [0.15, 0.2) is 0 Å². The topological polar surface area (TPSA) is 335 Å². The molecule has 42 heavy (non-hydrogen) atoms. The van der Waals surface area contributed by atoms with Crippen molar-refractivity contribution in [3.8, 4) is 0 Å². The van der Waals surface area contributed by atoms with Crippen molar-refractivity contribution in [1.82, 2.24) is 0 Å². The van der Waals surface area contributed by atoms with Crippen molar-refractivity contribution < 1.29 is 90.8 Å². The van der Waals surface area contributed by atoms with Gasteiger partial charge in [0, 0.05) is 12.3 Å². The third-order valence-electron chi connectivity index (χ3n) is 5.55. The van der Waals surface area contributed by atoms with Crippen molar-refractivity contribution in [2.75, 3.05) is 37.9 Å². The van der Waals surface area contributed by atoms with E-state index >= 15 is 0 Å². The van der Waals surface area contributed by atoms with E-state index in [9.17, 15) is 45.7 Å². The summed E-state index contributed by atoms with van der Waals surface area (Å²) in [5.41, 5.74) is 5.41. The number of hydrogen-bond donors (Lipinski definition) is 8. The van der Waals surface area contributed by atoms with Crippen molar-refractivity contribution in [1.29, 1.82) is 0 Å². The Morgan fingerprint density at radius 3 is 1.69 bits per heavy atom. The Bertz CT molecular complexity index is 1150. The molecule has 0 saturated carbocycles. The quantitative estimate of drug-likeness (QED) is 0.0521. The van der Waals surface area contributed by atoms with E-state index in [0.29, 0.717) is 24.5 Å². The molecule has 21 nitrogen and oxygen atoms in total. The van der Waals surface area contributed by atoms with Crippen molar-refractivity contribution in [3.05, 3.63) is 0 Å². The predicted molar refractivity (Wildman–Crippen MR) is 135 cm³/mol. The summed E-state index contributed by atoms with van der Waals surface area (Å²) in [6.45, 7) is -1.85. The van der Waals surface area contributed by atoms with Crippen LogP contribution in [0.3, 0.4) is 0 Å². The zero-order chi connectivity index (χ0) is 31.9. The number of nitrogens with two attached hydrogens (primary N) is 1.